The number of aromatic amines is 1. The fourth-order valence-electron chi connectivity index (χ4n) is 4.82. The Hall–Kier alpha value is -4.51. The number of nitrogen functional groups attached to an aromatic ring is 1. The molecule has 3 aromatic heterocycles. The zero-order valence-corrected chi connectivity index (χ0v) is 23.7. The van der Waals surface area contributed by atoms with Crippen molar-refractivity contribution < 1.29 is 8.42 Å². The molecule has 2 aromatic carbocycles. The van der Waals surface area contributed by atoms with Gasteiger partial charge in [0.25, 0.3) is 15.6 Å². The number of anilines is 1. The van der Waals surface area contributed by atoms with E-state index in [2.05, 4.69) is 10.1 Å². The van der Waals surface area contributed by atoms with Crippen molar-refractivity contribution in [3.8, 4) is 5.69 Å². The van der Waals surface area contributed by atoms with Crippen LogP contribution in [-0.4, -0.2) is 32.1 Å². The van der Waals surface area contributed by atoms with Crippen LogP contribution in [0, 0.1) is 20.8 Å². The number of H-pyrrole nitrogens is 1. The predicted octanol–water partition coefficient (Wildman–Crippen LogP) is 3.73. The number of nitrogens with one attached hydrogen (secondary N) is 1. The van der Waals surface area contributed by atoms with Gasteiger partial charge in [-0.25, -0.2) is 17.2 Å². The lowest BCUT2D eigenvalue weighted by Crippen LogP contribution is -2.33. The summed E-state index contributed by atoms with van der Waals surface area (Å²) in [4.78, 5) is 31.2. The van der Waals surface area contributed by atoms with Gasteiger partial charge in [0.2, 0.25) is 5.82 Å². The molecule has 0 spiro atoms. The molecular formula is C29H30N6O4S. The van der Waals surface area contributed by atoms with E-state index in [-0.39, 0.29) is 16.6 Å². The van der Waals surface area contributed by atoms with E-state index in [1.165, 1.54) is 3.97 Å². The highest BCUT2D eigenvalue weighted by molar-refractivity contribution is 7.90. The Kier molecular flexibility index (Phi) is 6.70. The van der Waals surface area contributed by atoms with Gasteiger partial charge in [0, 0.05) is 18.3 Å². The van der Waals surface area contributed by atoms with E-state index in [0.29, 0.717) is 23.1 Å². The van der Waals surface area contributed by atoms with E-state index < -0.39 is 21.3 Å². The van der Waals surface area contributed by atoms with Gasteiger partial charge in [0.1, 0.15) is 0 Å². The van der Waals surface area contributed by atoms with Crippen molar-refractivity contribution in [3.63, 3.8) is 0 Å². The Balaban J connectivity index is 1.56. The number of nitrogens with zero attached hydrogens (tertiary/aromatic N) is 4. The van der Waals surface area contributed by atoms with Gasteiger partial charge in [-0.15, -0.1) is 5.10 Å². The van der Waals surface area contributed by atoms with Crippen LogP contribution in [0.2, 0.25) is 0 Å². The summed E-state index contributed by atoms with van der Waals surface area (Å²) in [7, 11) is -3.81. The first-order valence-corrected chi connectivity index (χ1v) is 14.2. The van der Waals surface area contributed by atoms with Crippen LogP contribution in [0.15, 0.2) is 69.2 Å². The monoisotopic (exact) mass is 558 g/mol. The first-order chi connectivity index (χ1) is 18.9. The normalized spacial score (nSPS) is 11.9. The van der Waals surface area contributed by atoms with Gasteiger partial charge in [-0.3, -0.25) is 14.8 Å². The molecule has 0 aliphatic carbocycles. The number of fused-ring (bicyclic) bond motifs is 1. The molecule has 5 rings (SSSR count). The van der Waals surface area contributed by atoms with E-state index in [4.69, 9.17) is 10.7 Å². The molecule has 10 nitrogen and oxygen atoms in total. The third-order valence-electron chi connectivity index (χ3n) is 7.04. The molecule has 0 atom stereocenters. The Morgan fingerprint density at radius 2 is 1.62 bits per heavy atom. The van der Waals surface area contributed by atoms with Crippen LogP contribution < -0.4 is 17.0 Å². The lowest BCUT2D eigenvalue weighted by molar-refractivity contribution is 0.589. The first kappa shape index (κ1) is 27.1. The molecule has 5 aromatic rings. The van der Waals surface area contributed by atoms with Crippen LogP contribution in [-0.2, 0) is 16.4 Å². The Morgan fingerprint density at radius 1 is 0.975 bits per heavy atom. The van der Waals surface area contributed by atoms with Crippen molar-refractivity contribution in [1.82, 2.24) is 23.7 Å². The lowest BCUT2D eigenvalue weighted by atomic mass is 9.97. The topological polar surface area (TPSA) is 146 Å². The predicted molar refractivity (Wildman–Crippen MR) is 155 cm³/mol. The molecule has 0 saturated carbocycles. The third-order valence-corrected chi connectivity index (χ3v) is 8.72. The highest BCUT2D eigenvalue weighted by atomic mass is 32.2. The quantitative estimate of drug-likeness (QED) is 0.323. The van der Waals surface area contributed by atoms with Gasteiger partial charge in [-0.2, -0.15) is 4.68 Å². The molecule has 0 unspecified atom stereocenters. The number of hydrogen-bond acceptors (Lipinski definition) is 7. The molecule has 3 N–H and O–H groups in total. The SMILES string of the molecule is Cc1ccc(S(=O)(=O)n2cc(C(C)C)c3nc(Cc4c(C)cc(-n5nc(N)c(=O)[nH]c5=O)cc4C)ccc32)cc1. The molecule has 0 fully saturated rings. The maximum Gasteiger partial charge on any atom is 0.349 e. The molecule has 0 aliphatic rings. The number of nitrogens with two attached hydrogens (primary N) is 1. The number of hydrogen-bond donors (Lipinski definition) is 2. The highest BCUT2D eigenvalue weighted by Gasteiger charge is 2.23. The summed E-state index contributed by atoms with van der Waals surface area (Å²) >= 11 is 0. The third kappa shape index (κ3) is 4.73. The average molecular weight is 559 g/mol. The summed E-state index contributed by atoms with van der Waals surface area (Å²) in [5, 5.41) is 3.92. The van der Waals surface area contributed by atoms with Crippen molar-refractivity contribution in [2.75, 3.05) is 5.73 Å². The second-order valence-corrected chi connectivity index (χ2v) is 12.1. The molecule has 0 bridgehead atoms. The summed E-state index contributed by atoms with van der Waals surface area (Å²) in [6.45, 7) is 9.79. The van der Waals surface area contributed by atoms with Crippen molar-refractivity contribution >= 4 is 26.9 Å². The standard InChI is InChI=1S/C29H30N6O4S/c1-16(2)24-15-34(40(38,39)22-9-6-17(3)7-10-22)25-11-8-20(31-26(24)25)14-23-18(4)12-21(13-19(23)5)35-29(37)32-28(36)27(30)33-35/h6-13,15-16H,14H2,1-5H3,(H2,30,33)(H,32,36,37). The summed E-state index contributed by atoms with van der Waals surface area (Å²) in [5.41, 5.74) is 11.3. The molecular weight excluding hydrogens is 528 g/mol. The van der Waals surface area contributed by atoms with Crippen LogP contribution in [0.25, 0.3) is 16.7 Å². The number of aryl methyl sites for hydroxylation is 3. The van der Waals surface area contributed by atoms with Crippen molar-refractivity contribution in [1.29, 1.82) is 0 Å². The summed E-state index contributed by atoms with van der Waals surface area (Å²) < 4.78 is 29.5. The molecule has 0 amide bonds. The fraction of sp³-hybridized carbons (Fsp3) is 0.241. The Bertz CT molecular complexity index is 1980. The van der Waals surface area contributed by atoms with Crippen LogP contribution >= 0.6 is 0 Å². The molecule has 0 aliphatic heterocycles. The molecule has 0 saturated heterocycles. The zero-order chi connectivity index (χ0) is 28.9. The second-order valence-electron chi connectivity index (χ2n) is 10.3. The molecule has 3 heterocycles. The maximum absolute atomic E-state index is 13.6. The van der Waals surface area contributed by atoms with Crippen molar-refractivity contribution in [2.24, 2.45) is 0 Å². The number of rotatable bonds is 6. The summed E-state index contributed by atoms with van der Waals surface area (Å²) in [6.07, 6.45) is 2.17. The fourth-order valence-corrected chi connectivity index (χ4v) is 6.19. The Labute approximate surface area is 231 Å². The van der Waals surface area contributed by atoms with Crippen molar-refractivity contribution in [2.45, 2.75) is 51.9 Å². The zero-order valence-electron chi connectivity index (χ0n) is 22.9. The van der Waals surface area contributed by atoms with Gasteiger partial charge in [-0.05, 0) is 85.3 Å². The average Bonchev–Trinajstić information content (AvgIpc) is 3.28. The van der Waals surface area contributed by atoms with E-state index in [9.17, 15) is 18.0 Å². The van der Waals surface area contributed by atoms with E-state index in [1.807, 2.05) is 40.7 Å². The molecule has 206 valence electrons. The largest absolute Gasteiger partial charge is 0.378 e. The lowest BCUT2D eigenvalue weighted by Gasteiger charge is -2.14. The highest BCUT2D eigenvalue weighted by Crippen LogP contribution is 2.31. The molecule has 0 radical (unpaired) electrons. The summed E-state index contributed by atoms with van der Waals surface area (Å²) in [6, 6.07) is 14.1. The minimum absolute atomic E-state index is 0.0537. The van der Waals surface area contributed by atoms with Crippen LogP contribution in [0.4, 0.5) is 5.82 Å². The molecule has 11 heteroatoms. The van der Waals surface area contributed by atoms with Gasteiger partial charge in [0.05, 0.1) is 21.6 Å². The second kappa shape index (κ2) is 9.91. The first-order valence-electron chi connectivity index (χ1n) is 12.8. The number of pyridine rings is 1. The number of aromatic nitrogens is 5. The maximum atomic E-state index is 13.6. The van der Waals surface area contributed by atoms with E-state index >= 15 is 0 Å². The minimum atomic E-state index is -3.81. The van der Waals surface area contributed by atoms with Crippen LogP contribution in [0.3, 0.4) is 0 Å². The van der Waals surface area contributed by atoms with Gasteiger partial charge < -0.3 is 5.73 Å². The minimum Gasteiger partial charge on any atom is -0.378 e. The van der Waals surface area contributed by atoms with E-state index in [1.54, 1.807) is 48.7 Å². The molecule has 40 heavy (non-hydrogen) atoms. The van der Waals surface area contributed by atoms with E-state index in [0.717, 1.165) is 38.2 Å². The van der Waals surface area contributed by atoms with Crippen molar-refractivity contribution in [3.05, 3.63) is 109 Å². The Morgan fingerprint density at radius 3 is 2.25 bits per heavy atom. The van der Waals surface area contributed by atoms with Crippen LogP contribution in [0.1, 0.15) is 53.3 Å². The van der Waals surface area contributed by atoms with Gasteiger partial charge in [0.15, 0.2) is 0 Å². The van der Waals surface area contributed by atoms with Gasteiger partial charge in [-0.1, -0.05) is 31.5 Å². The van der Waals surface area contributed by atoms with Crippen LogP contribution in [0.5, 0.6) is 0 Å². The van der Waals surface area contributed by atoms with Gasteiger partial charge >= 0.3 is 5.69 Å². The summed E-state index contributed by atoms with van der Waals surface area (Å²) in [5.74, 6) is -0.244. The smallest absolute Gasteiger partial charge is 0.349 e. The number of benzene rings is 2.